The van der Waals surface area contributed by atoms with E-state index in [2.05, 4.69) is 31.4 Å². The zero-order chi connectivity index (χ0) is 25.7. The first-order valence-corrected chi connectivity index (χ1v) is 15.1. The molecule has 1 saturated heterocycles. The number of anilines is 1. The molecule has 0 spiro atoms. The molecular weight excluding hydrogens is 492 g/mol. The monoisotopic (exact) mass is 524 g/mol. The molecule has 2 unspecified atom stereocenters. The molecule has 2 N–H and O–H groups in total. The van der Waals surface area contributed by atoms with Crippen molar-refractivity contribution in [2.45, 2.75) is 52.5 Å². The summed E-state index contributed by atoms with van der Waals surface area (Å²) in [7, 11) is -3.12. The first-order chi connectivity index (χ1) is 17.0. The molecule has 3 aromatic rings. The third kappa shape index (κ3) is 4.93. The van der Waals surface area contributed by atoms with Crippen LogP contribution in [0.1, 0.15) is 64.8 Å². The second-order valence-electron chi connectivity index (χ2n) is 11.1. The van der Waals surface area contributed by atoms with Gasteiger partial charge in [-0.05, 0) is 59.4 Å². The Balaban J connectivity index is 1.49. The van der Waals surface area contributed by atoms with Crippen LogP contribution in [-0.4, -0.2) is 37.8 Å². The summed E-state index contributed by atoms with van der Waals surface area (Å²) >= 11 is 1.49. The van der Waals surface area contributed by atoms with E-state index in [1.165, 1.54) is 11.3 Å². The zero-order valence-corrected chi connectivity index (χ0v) is 22.5. The van der Waals surface area contributed by atoms with Gasteiger partial charge in [-0.1, -0.05) is 57.2 Å². The number of rotatable bonds is 4. The number of benzene rings is 2. The van der Waals surface area contributed by atoms with Crippen LogP contribution in [0, 0.1) is 11.3 Å². The number of hydrogen-bond acceptors (Lipinski definition) is 5. The topological polar surface area (TPSA) is 92.3 Å². The Morgan fingerprint density at radius 2 is 1.75 bits per heavy atom. The molecule has 0 saturated carbocycles. The number of carbonyl (C=O) groups excluding carboxylic acids is 2. The van der Waals surface area contributed by atoms with Crippen molar-refractivity contribution < 1.29 is 18.0 Å². The molecule has 5 rings (SSSR count). The maximum absolute atomic E-state index is 13.5. The molecule has 6 nitrogen and oxygen atoms in total. The first kappa shape index (κ1) is 25.0. The second kappa shape index (κ2) is 9.30. The molecule has 2 amide bonds. The highest BCUT2D eigenvalue weighted by molar-refractivity contribution is 7.91. The number of amides is 2. The van der Waals surface area contributed by atoms with Gasteiger partial charge in [0.05, 0.1) is 17.1 Å². The molecule has 1 fully saturated rings. The fourth-order valence-electron chi connectivity index (χ4n) is 5.41. The number of carbonyl (C=O) groups is 2. The lowest BCUT2D eigenvalue weighted by atomic mass is 9.72. The zero-order valence-electron chi connectivity index (χ0n) is 20.9. The Hall–Kier alpha value is -2.71. The van der Waals surface area contributed by atoms with Gasteiger partial charge in [0, 0.05) is 16.5 Å². The van der Waals surface area contributed by atoms with Gasteiger partial charge in [0.25, 0.3) is 11.8 Å². The molecule has 190 valence electrons. The fourth-order valence-corrected chi connectivity index (χ4v) is 8.41. The van der Waals surface area contributed by atoms with Gasteiger partial charge in [-0.15, -0.1) is 11.3 Å². The molecule has 36 heavy (non-hydrogen) atoms. The van der Waals surface area contributed by atoms with Crippen molar-refractivity contribution in [2.24, 2.45) is 11.3 Å². The van der Waals surface area contributed by atoms with Crippen molar-refractivity contribution in [3.8, 4) is 0 Å². The molecule has 1 aromatic heterocycles. The maximum Gasteiger partial charge on any atom is 0.256 e. The Morgan fingerprint density at radius 3 is 2.47 bits per heavy atom. The van der Waals surface area contributed by atoms with Crippen LogP contribution in [-0.2, 0) is 22.7 Å². The fraction of sp³-hybridized carbons (Fsp3) is 0.429. The summed E-state index contributed by atoms with van der Waals surface area (Å²) in [4.78, 5) is 28.1. The highest BCUT2D eigenvalue weighted by Crippen LogP contribution is 2.44. The largest absolute Gasteiger partial charge is 0.348 e. The molecular formula is C28H32N2O4S2. The molecule has 0 radical (unpaired) electrons. The molecule has 0 bridgehead atoms. The summed E-state index contributed by atoms with van der Waals surface area (Å²) in [6, 6.07) is 13.0. The summed E-state index contributed by atoms with van der Waals surface area (Å²) in [5.74, 6) is 0.000370. The first-order valence-electron chi connectivity index (χ1n) is 12.5. The lowest BCUT2D eigenvalue weighted by Crippen LogP contribution is -2.36. The van der Waals surface area contributed by atoms with E-state index < -0.39 is 15.9 Å². The number of hydrogen-bond donors (Lipinski definition) is 2. The van der Waals surface area contributed by atoms with Gasteiger partial charge in [-0.3, -0.25) is 9.59 Å². The van der Waals surface area contributed by atoms with E-state index in [4.69, 9.17) is 0 Å². The summed E-state index contributed by atoms with van der Waals surface area (Å²) in [5, 5.41) is 8.38. The predicted octanol–water partition coefficient (Wildman–Crippen LogP) is 5.22. The van der Waals surface area contributed by atoms with Crippen LogP contribution in [0.15, 0.2) is 42.5 Å². The average molecular weight is 525 g/mol. The SMILES string of the molecule is CC(C)(C)C1CCc2c(sc(NC(=O)c3cccc4ccccc34)c2C(=O)NC2CCS(=O)(=O)C2)C1. The van der Waals surface area contributed by atoms with Crippen LogP contribution in [0.5, 0.6) is 0 Å². The predicted molar refractivity (Wildman–Crippen MR) is 146 cm³/mol. The Kier molecular flexibility index (Phi) is 6.45. The Morgan fingerprint density at radius 1 is 1.00 bits per heavy atom. The molecule has 1 aliphatic heterocycles. The maximum atomic E-state index is 13.5. The second-order valence-corrected chi connectivity index (χ2v) is 14.4. The third-order valence-electron chi connectivity index (χ3n) is 7.55. The van der Waals surface area contributed by atoms with Crippen LogP contribution in [0.4, 0.5) is 5.00 Å². The summed E-state index contributed by atoms with van der Waals surface area (Å²) in [6.07, 6.45) is 3.03. The van der Waals surface area contributed by atoms with Gasteiger partial charge in [-0.25, -0.2) is 8.42 Å². The van der Waals surface area contributed by atoms with Crippen molar-refractivity contribution in [1.29, 1.82) is 0 Å². The number of nitrogens with one attached hydrogen (secondary N) is 2. The van der Waals surface area contributed by atoms with Gasteiger partial charge >= 0.3 is 0 Å². The quantitative estimate of drug-likeness (QED) is 0.489. The smallest absolute Gasteiger partial charge is 0.256 e. The summed E-state index contributed by atoms with van der Waals surface area (Å²) < 4.78 is 23.9. The highest BCUT2D eigenvalue weighted by atomic mass is 32.2. The molecule has 2 aliphatic rings. The van der Waals surface area contributed by atoms with Crippen LogP contribution in [0.25, 0.3) is 10.8 Å². The van der Waals surface area contributed by atoms with Crippen LogP contribution in [0.2, 0.25) is 0 Å². The van der Waals surface area contributed by atoms with Crippen molar-refractivity contribution in [3.05, 3.63) is 64.0 Å². The summed E-state index contributed by atoms with van der Waals surface area (Å²) in [6.45, 7) is 6.73. The third-order valence-corrected chi connectivity index (χ3v) is 10.5. The highest BCUT2D eigenvalue weighted by Gasteiger charge is 2.36. The van der Waals surface area contributed by atoms with Crippen LogP contribution < -0.4 is 10.6 Å². The van der Waals surface area contributed by atoms with Gasteiger partial charge in [0.15, 0.2) is 9.84 Å². The molecule has 2 aromatic carbocycles. The van der Waals surface area contributed by atoms with E-state index in [1.807, 2.05) is 36.4 Å². The Labute approximate surface area is 216 Å². The minimum atomic E-state index is -3.12. The molecule has 1 aliphatic carbocycles. The number of thiophene rings is 1. The van der Waals surface area contributed by atoms with Gasteiger partial charge in [0.1, 0.15) is 5.00 Å². The van der Waals surface area contributed by atoms with E-state index in [0.29, 0.717) is 28.5 Å². The van der Waals surface area contributed by atoms with E-state index in [0.717, 1.165) is 40.5 Å². The van der Waals surface area contributed by atoms with E-state index in [-0.39, 0.29) is 28.7 Å². The van der Waals surface area contributed by atoms with Gasteiger partial charge < -0.3 is 10.6 Å². The Bertz CT molecular complexity index is 1440. The number of fused-ring (bicyclic) bond motifs is 2. The van der Waals surface area contributed by atoms with Crippen LogP contribution in [0.3, 0.4) is 0 Å². The lowest BCUT2D eigenvalue weighted by Gasteiger charge is -2.33. The van der Waals surface area contributed by atoms with Gasteiger partial charge in [-0.2, -0.15) is 0 Å². The minimum Gasteiger partial charge on any atom is -0.348 e. The van der Waals surface area contributed by atoms with Crippen molar-refractivity contribution in [1.82, 2.24) is 5.32 Å². The van der Waals surface area contributed by atoms with E-state index in [1.54, 1.807) is 6.07 Å². The molecule has 2 atom stereocenters. The summed E-state index contributed by atoms with van der Waals surface area (Å²) in [5.41, 5.74) is 2.20. The minimum absolute atomic E-state index is 0.0329. The van der Waals surface area contributed by atoms with E-state index >= 15 is 0 Å². The van der Waals surface area contributed by atoms with Crippen molar-refractivity contribution >= 4 is 48.8 Å². The van der Waals surface area contributed by atoms with Crippen LogP contribution >= 0.6 is 11.3 Å². The standard InChI is InChI=1S/C28H32N2O4S2/c1-28(2,3)18-11-12-22-23(15-18)35-27(24(22)26(32)29-19-13-14-36(33,34)16-19)30-25(31)21-10-6-8-17-7-4-5-9-20(17)21/h4-10,18-19H,11-16H2,1-3H3,(H,29,32)(H,30,31). The van der Waals surface area contributed by atoms with E-state index in [9.17, 15) is 18.0 Å². The molecule has 2 heterocycles. The normalized spacial score (nSPS) is 21.2. The number of sulfone groups is 1. The van der Waals surface area contributed by atoms with Crippen molar-refractivity contribution in [3.63, 3.8) is 0 Å². The molecule has 8 heteroatoms. The van der Waals surface area contributed by atoms with Crippen molar-refractivity contribution in [2.75, 3.05) is 16.8 Å². The van der Waals surface area contributed by atoms with Gasteiger partial charge in [0.2, 0.25) is 0 Å². The lowest BCUT2D eigenvalue weighted by molar-refractivity contribution is 0.0941. The average Bonchev–Trinajstić information content (AvgIpc) is 3.35.